The van der Waals surface area contributed by atoms with Crippen LogP contribution < -0.4 is 51.4 Å². The zero-order valence-electron chi connectivity index (χ0n) is 16.3. The van der Waals surface area contributed by atoms with Crippen molar-refractivity contribution < 1.29 is 149 Å². The van der Waals surface area contributed by atoms with E-state index in [9.17, 15) is 87.4 Å². The molecule has 2 atom stereocenters. The quantitative estimate of drug-likeness (QED) is 0.264. The molecular weight excluding hydrogens is 633 g/mol. The van der Waals surface area contributed by atoms with E-state index in [0.29, 0.717) is 0 Å². The van der Waals surface area contributed by atoms with E-state index in [1.165, 1.54) is 0 Å². The van der Waals surface area contributed by atoms with Crippen LogP contribution in [0.3, 0.4) is 0 Å². The average molecular weight is 638 g/mol. The number of halogens is 18. The fourth-order valence-corrected chi connectivity index (χ4v) is 2.02. The van der Waals surface area contributed by atoms with Crippen molar-refractivity contribution in [3.05, 3.63) is 0 Å². The minimum atomic E-state index is -7.27. The van der Waals surface area contributed by atoms with Crippen molar-refractivity contribution in [3.63, 3.8) is 0 Å². The summed E-state index contributed by atoms with van der Waals surface area (Å²) in [6, 6.07) is 0. The first-order chi connectivity index (χ1) is 14.0. The molecule has 0 aliphatic carbocycles. The molecule has 0 saturated heterocycles. The van der Waals surface area contributed by atoms with Crippen LogP contribution in [0, 0.1) is 9.56 Å². The standard InChI is InChI=1S/2C4H2F9NO2S.K.H/c2*5-1(6,3(9,10)11)2(7,8)4(12,13)17(14,15)16;;/h2*(H2,14,15,16);;/q;;+1;-1. The van der Waals surface area contributed by atoms with E-state index in [2.05, 4.69) is 0 Å². The molecule has 0 radical (unpaired) electrons. The second-order valence-electron chi connectivity index (χ2n) is 5.38. The zero-order valence-corrected chi connectivity index (χ0v) is 20.1. The van der Waals surface area contributed by atoms with Crippen LogP contribution in [0.5, 0.6) is 0 Å². The predicted octanol–water partition coefficient (Wildman–Crippen LogP) is 2.98. The van der Waals surface area contributed by atoms with E-state index >= 15 is 0 Å². The third-order valence-electron chi connectivity index (χ3n) is 2.93. The fourth-order valence-electron chi connectivity index (χ4n) is 1.07. The maximum Gasteiger partial charge on any atom is 1.00 e. The van der Waals surface area contributed by atoms with Gasteiger partial charge in [-0.2, -0.15) is 79.0 Å². The summed E-state index contributed by atoms with van der Waals surface area (Å²) in [7, 11) is -13.3. The summed E-state index contributed by atoms with van der Waals surface area (Å²) in [5.41, 5.74) is 0. The predicted molar refractivity (Wildman–Crippen MR) is 69.9 cm³/mol. The maximum absolute atomic E-state index is 12.3. The zero-order chi connectivity index (χ0) is 29.0. The van der Waals surface area contributed by atoms with Gasteiger partial charge in [-0.1, -0.05) is 0 Å². The first kappa shape index (κ1) is 39.7. The molecule has 6 nitrogen and oxygen atoms in total. The van der Waals surface area contributed by atoms with Gasteiger partial charge in [-0.15, -0.1) is 0 Å². The summed E-state index contributed by atoms with van der Waals surface area (Å²) in [5, 5.41) is -13.6. The summed E-state index contributed by atoms with van der Waals surface area (Å²) in [6.45, 7) is 0. The van der Waals surface area contributed by atoms with Crippen molar-refractivity contribution in [2.24, 2.45) is 0 Å². The van der Waals surface area contributed by atoms with Gasteiger partial charge in [0.15, 0.2) is 0 Å². The summed E-state index contributed by atoms with van der Waals surface area (Å²) in [5.74, 6) is -29.0. The van der Waals surface area contributed by atoms with Crippen LogP contribution in [0.1, 0.15) is 1.43 Å². The van der Waals surface area contributed by atoms with Gasteiger partial charge in [0.05, 0.1) is 0 Å². The Morgan fingerprint density at radius 2 is 0.600 bits per heavy atom. The maximum atomic E-state index is 12.3. The number of nitrogens with one attached hydrogen (secondary N) is 2. The smallest absolute Gasteiger partial charge is 1.00 e. The molecule has 210 valence electrons. The van der Waals surface area contributed by atoms with Crippen LogP contribution in [0.15, 0.2) is 0 Å². The molecule has 35 heavy (non-hydrogen) atoms. The molecule has 2 unspecified atom stereocenters. The minimum absolute atomic E-state index is 0. The van der Waals surface area contributed by atoms with Crippen molar-refractivity contribution >= 4 is 20.0 Å². The van der Waals surface area contributed by atoms with E-state index in [1.54, 1.807) is 0 Å². The molecule has 4 N–H and O–H groups in total. The molecule has 0 aliphatic heterocycles. The number of hydrogen-bond acceptors (Lipinski definition) is 4. The van der Waals surface area contributed by atoms with E-state index in [-0.39, 0.29) is 52.8 Å². The molecule has 27 heteroatoms. The molecule has 0 spiro atoms. The summed E-state index contributed by atoms with van der Waals surface area (Å²) in [6.07, 6.45) is -14.2. The van der Waals surface area contributed by atoms with Gasteiger partial charge in [0.2, 0.25) is 20.0 Å². The third-order valence-corrected chi connectivity index (χ3v) is 4.83. The Morgan fingerprint density at radius 1 is 0.457 bits per heavy atom. The van der Waals surface area contributed by atoms with Gasteiger partial charge in [-0.3, -0.25) is 9.11 Å². The molecule has 0 heterocycles. The van der Waals surface area contributed by atoms with Gasteiger partial charge in [0.1, 0.15) is 0 Å². The third kappa shape index (κ3) is 6.80. The SMILES string of the molecule is N=S(=O)(O)C(F)(F)C(F)(F)C(F)(F)C(F)(F)F.N=S(=O)(O)C(F)(F)C(F)(F)C(F)(F)C(F)(F)F.[H-].[K+]. The number of rotatable bonds is 6. The van der Waals surface area contributed by atoms with Crippen molar-refractivity contribution in [1.29, 1.82) is 9.56 Å². The van der Waals surface area contributed by atoms with Gasteiger partial charge < -0.3 is 1.43 Å². The van der Waals surface area contributed by atoms with Crippen LogP contribution in [-0.4, -0.2) is 64.1 Å². The van der Waals surface area contributed by atoms with Crippen LogP contribution in [0.2, 0.25) is 0 Å². The van der Waals surface area contributed by atoms with E-state index < -0.39 is 66.6 Å². The molecule has 0 fully saturated rings. The Balaban J connectivity index is -0.000000269. The first-order valence-electron chi connectivity index (χ1n) is 6.42. The monoisotopic (exact) mass is 638 g/mol. The summed E-state index contributed by atoms with van der Waals surface area (Å²) < 4.78 is 262. The van der Waals surface area contributed by atoms with Crippen LogP contribution in [0.25, 0.3) is 0 Å². The van der Waals surface area contributed by atoms with Crippen LogP contribution in [-0.2, 0) is 20.0 Å². The van der Waals surface area contributed by atoms with Crippen molar-refractivity contribution in [3.8, 4) is 0 Å². The van der Waals surface area contributed by atoms with Gasteiger partial charge in [-0.05, 0) is 0 Å². The largest absolute Gasteiger partial charge is 1.00 e. The summed E-state index contributed by atoms with van der Waals surface area (Å²) >= 11 is 0. The number of hydrogen-bond donors (Lipinski definition) is 4. The molecule has 0 rings (SSSR count). The second kappa shape index (κ2) is 10.4. The normalized spacial score (nSPS) is 18.4. The molecule has 0 aromatic rings. The van der Waals surface area contributed by atoms with Crippen molar-refractivity contribution in [1.82, 2.24) is 0 Å². The first-order valence-corrected chi connectivity index (χ1v) is 9.45. The molecule has 0 amide bonds. The molecule has 0 aromatic carbocycles. The average Bonchev–Trinajstić information content (AvgIpc) is 2.50. The molecular formula is C8H5F18KN2O4S2. The van der Waals surface area contributed by atoms with Gasteiger partial charge >= 0.3 is 97.9 Å². The molecule has 0 bridgehead atoms. The minimum Gasteiger partial charge on any atom is -1.00 e. The Kier molecular flexibility index (Phi) is 11.8. The van der Waals surface area contributed by atoms with Crippen molar-refractivity contribution in [2.75, 3.05) is 0 Å². The molecule has 0 saturated carbocycles. The Hall–Kier alpha value is 0.196. The van der Waals surface area contributed by atoms with E-state index in [0.717, 1.165) is 0 Å². The van der Waals surface area contributed by atoms with E-state index in [1.807, 2.05) is 0 Å². The van der Waals surface area contributed by atoms with Gasteiger partial charge in [-0.25, -0.2) is 18.0 Å². The number of alkyl halides is 18. The van der Waals surface area contributed by atoms with Gasteiger partial charge in [0.25, 0.3) is 0 Å². The molecule has 0 aliphatic rings. The Morgan fingerprint density at radius 3 is 0.686 bits per heavy atom. The molecule has 0 aromatic heterocycles. The fraction of sp³-hybridized carbons (Fsp3) is 1.00. The Bertz CT molecular complexity index is 883. The van der Waals surface area contributed by atoms with Crippen molar-refractivity contribution in [2.45, 2.75) is 46.6 Å². The van der Waals surface area contributed by atoms with Crippen LogP contribution >= 0.6 is 0 Å². The Labute approximate surface area is 224 Å². The van der Waals surface area contributed by atoms with Crippen LogP contribution in [0.4, 0.5) is 79.0 Å². The van der Waals surface area contributed by atoms with Gasteiger partial charge in [0, 0.05) is 0 Å². The van der Waals surface area contributed by atoms with E-state index in [4.69, 9.17) is 18.7 Å². The second-order valence-corrected chi connectivity index (χ2v) is 8.51. The topological polar surface area (TPSA) is 122 Å². The summed E-state index contributed by atoms with van der Waals surface area (Å²) in [4.78, 5) is 0.